The number of amides is 2. The van der Waals surface area contributed by atoms with Crippen molar-refractivity contribution in [3.8, 4) is 0 Å². The van der Waals surface area contributed by atoms with Crippen LogP contribution < -0.4 is 4.90 Å². The minimum atomic E-state index is -0.321. The van der Waals surface area contributed by atoms with Gasteiger partial charge in [-0.15, -0.1) is 0 Å². The summed E-state index contributed by atoms with van der Waals surface area (Å²) in [5.41, 5.74) is 4.76. The standard InChI is InChI=1S/C27H18BrN3O2/c1-30-15-21(19-9-5-6-10-23(19)30)25-24(20-14-29-22-13-16(28)11-12-18(20)22)26(32)31(27(25)33)17-7-3-2-4-8-17/h2-15,29H,1H3. The number of carbonyl (C=O) groups is 2. The van der Waals surface area contributed by atoms with Crippen LogP contribution in [0.3, 0.4) is 0 Å². The third-order valence-electron chi connectivity index (χ3n) is 6.18. The van der Waals surface area contributed by atoms with Crippen LogP contribution in [0, 0.1) is 0 Å². The van der Waals surface area contributed by atoms with E-state index in [1.165, 1.54) is 4.90 Å². The normalized spacial score (nSPS) is 14.3. The van der Waals surface area contributed by atoms with Crippen LogP contribution >= 0.6 is 15.9 Å². The molecule has 160 valence electrons. The summed E-state index contributed by atoms with van der Waals surface area (Å²) in [6.07, 6.45) is 3.75. The number of anilines is 1. The Morgan fingerprint density at radius 2 is 1.48 bits per heavy atom. The van der Waals surface area contributed by atoms with Gasteiger partial charge in [-0.1, -0.05) is 58.4 Å². The highest BCUT2D eigenvalue weighted by molar-refractivity contribution is 9.10. The van der Waals surface area contributed by atoms with Crippen LogP contribution in [0.4, 0.5) is 5.69 Å². The third-order valence-corrected chi connectivity index (χ3v) is 6.67. The van der Waals surface area contributed by atoms with Crippen molar-refractivity contribution in [2.75, 3.05) is 4.90 Å². The molecule has 0 atom stereocenters. The number of rotatable bonds is 3. The maximum Gasteiger partial charge on any atom is 0.266 e. The number of carbonyl (C=O) groups excluding carboxylic acids is 2. The van der Waals surface area contributed by atoms with Gasteiger partial charge >= 0.3 is 0 Å². The molecule has 1 N–H and O–H groups in total. The summed E-state index contributed by atoms with van der Waals surface area (Å²) >= 11 is 3.50. The number of H-pyrrole nitrogens is 1. The summed E-state index contributed by atoms with van der Waals surface area (Å²) < 4.78 is 2.93. The van der Waals surface area contributed by atoms with E-state index in [0.717, 1.165) is 37.4 Å². The molecule has 2 aromatic heterocycles. The van der Waals surface area contributed by atoms with Crippen LogP contribution in [0.25, 0.3) is 33.0 Å². The second-order valence-corrected chi connectivity index (χ2v) is 9.01. The first-order valence-corrected chi connectivity index (χ1v) is 11.3. The molecule has 6 heteroatoms. The molecule has 0 saturated carbocycles. The summed E-state index contributed by atoms with van der Waals surface area (Å²) in [6, 6.07) is 22.9. The molecule has 3 heterocycles. The highest BCUT2D eigenvalue weighted by atomic mass is 79.9. The number of fused-ring (bicyclic) bond motifs is 2. The summed E-state index contributed by atoms with van der Waals surface area (Å²) in [6.45, 7) is 0. The Hall–Kier alpha value is -3.90. The fourth-order valence-electron chi connectivity index (χ4n) is 4.69. The molecule has 1 aliphatic heterocycles. The zero-order chi connectivity index (χ0) is 22.7. The number of aromatic nitrogens is 2. The van der Waals surface area contributed by atoms with Crippen molar-refractivity contribution in [2.45, 2.75) is 0 Å². The van der Waals surface area contributed by atoms with E-state index < -0.39 is 0 Å². The highest BCUT2D eigenvalue weighted by Crippen LogP contribution is 2.42. The van der Waals surface area contributed by atoms with Gasteiger partial charge in [0.25, 0.3) is 11.8 Å². The molecule has 5 nitrogen and oxygen atoms in total. The Morgan fingerprint density at radius 1 is 0.788 bits per heavy atom. The molecule has 2 amide bonds. The van der Waals surface area contributed by atoms with Gasteiger partial charge < -0.3 is 9.55 Å². The van der Waals surface area contributed by atoms with Gasteiger partial charge in [-0.2, -0.15) is 0 Å². The van der Waals surface area contributed by atoms with Crippen molar-refractivity contribution in [3.05, 3.63) is 101 Å². The van der Waals surface area contributed by atoms with Gasteiger partial charge in [0.1, 0.15) is 0 Å². The van der Waals surface area contributed by atoms with Gasteiger partial charge in [0.15, 0.2) is 0 Å². The average molecular weight is 496 g/mol. The SMILES string of the molecule is Cn1cc(C2=C(c3c[nH]c4cc(Br)ccc34)C(=O)N(c3ccccc3)C2=O)c2ccccc21. The van der Waals surface area contributed by atoms with Crippen LogP contribution in [0.5, 0.6) is 0 Å². The van der Waals surface area contributed by atoms with Crippen molar-refractivity contribution in [1.82, 2.24) is 9.55 Å². The maximum atomic E-state index is 13.9. The first kappa shape index (κ1) is 19.8. The largest absolute Gasteiger partial charge is 0.361 e. The smallest absolute Gasteiger partial charge is 0.266 e. The zero-order valence-corrected chi connectivity index (χ0v) is 19.3. The number of aromatic amines is 1. The van der Waals surface area contributed by atoms with Crippen LogP contribution in [-0.4, -0.2) is 21.4 Å². The number of hydrogen-bond acceptors (Lipinski definition) is 2. The monoisotopic (exact) mass is 495 g/mol. The van der Waals surface area contributed by atoms with Crippen molar-refractivity contribution < 1.29 is 9.59 Å². The van der Waals surface area contributed by atoms with Gasteiger partial charge in [-0.05, 0) is 30.3 Å². The molecule has 0 aliphatic carbocycles. The van der Waals surface area contributed by atoms with E-state index in [2.05, 4.69) is 20.9 Å². The molecule has 0 spiro atoms. The lowest BCUT2D eigenvalue weighted by atomic mass is 9.95. The number of halogens is 1. The zero-order valence-electron chi connectivity index (χ0n) is 17.7. The number of nitrogens with one attached hydrogen (secondary N) is 1. The second kappa shape index (κ2) is 7.32. The van der Waals surface area contributed by atoms with Crippen molar-refractivity contribution >= 4 is 66.4 Å². The minimum Gasteiger partial charge on any atom is -0.361 e. The maximum absolute atomic E-state index is 13.9. The lowest BCUT2D eigenvalue weighted by Gasteiger charge is -2.15. The molecule has 0 bridgehead atoms. The molecule has 0 unspecified atom stereocenters. The Bertz CT molecular complexity index is 1630. The van der Waals surface area contributed by atoms with E-state index in [0.29, 0.717) is 16.8 Å². The van der Waals surface area contributed by atoms with Gasteiger partial charge in [0.2, 0.25) is 0 Å². The fourth-order valence-corrected chi connectivity index (χ4v) is 5.05. The van der Waals surface area contributed by atoms with Crippen LogP contribution in [0.2, 0.25) is 0 Å². The van der Waals surface area contributed by atoms with E-state index in [1.54, 1.807) is 12.1 Å². The van der Waals surface area contributed by atoms with Gasteiger partial charge in [-0.25, -0.2) is 4.90 Å². The predicted molar refractivity (Wildman–Crippen MR) is 135 cm³/mol. The quantitative estimate of drug-likeness (QED) is 0.316. The van der Waals surface area contributed by atoms with Gasteiger partial charge in [0, 0.05) is 56.8 Å². The number of para-hydroxylation sites is 2. The number of imide groups is 1. The molecule has 0 radical (unpaired) electrons. The average Bonchev–Trinajstić information content (AvgIpc) is 3.46. The minimum absolute atomic E-state index is 0.316. The summed E-state index contributed by atoms with van der Waals surface area (Å²) in [7, 11) is 1.95. The molecule has 0 saturated heterocycles. The molecule has 1 aliphatic rings. The van der Waals surface area contributed by atoms with Crippen LogP contribution in [0.15, 0.2) is 89.7 Å². The predicted octanol–water partition coefficient (Wildman–Crippen LogP) is 5.91. The van der Waals surface area contributed by atoms with Crippen molar-refractivity contribution in [2.24, 2.45) is 7.05 Å². The second-order valence-electron chi connectivity index (χ2n) is 8.09. The molecular formula is C27H18BrN3O2. The number of nitrogens with zero attached hydrogens (tertiary/aromatic N) is 2. The van der Waals surface area contributed by atoms with Crippen molar-refractivity contribution in [1.29, 1.82) is 0 Å². The van der Waals surface area contributed by atoms with E-state index in [-0.39, 0.29) is 11.8 Å². The van der Waals surface area contributed by atoms with E-state index >= 15 is 0 Å². The topological polar surface area (TPSA) is 58.1 Å². The number of hydrogen-bond donors (Lipinski definition) is 1. The molecule has 0 fully saturated rings. The highest BCUT2D eigenvalue weighted by Gasteiger charge is 2.42. The fraction of sp³-hybridized carbons (Fsp3) is 0.0370. The Balaban J connectivity index is 1.67. The summed E-state index contributed by atoms with van der Waals surface area (Å²) in [5.74, 6) is -0.637. The lowest BCUT2D eigenvalue weighted by molar-refractivity contribution is -0.119. The molecule has 3 aromatic carbocycles. The summed E-state index contributed by atoms with van der Waals surface area (Å²) in [5, 5.41) is 1.83. The van der Waals surface area contributed by atoms with E-state index in [9.17, 15) is 9.59 Å². The van der Waals surface area contributed by atoms with Crippen molar-refractivity contribution in [3.63, 3.8) is 0 Å². The van der Waals surface area contributed by atoms with Gasteiger partial charge in [-0.3, -0.25) is 9.59 Å². The molecule has 33 heavy (non-hydrogen) atoms. The van der Waals surface area contributed by atoms with Crippen LogP contribution in [-0.2, 0) is 16.6 Å². The Morgan fingerprint density at radius 3 is 2.27 bits per heavy atom. The number of benzene rings is 3. The van der Waals surface area contributed by atoms with Crippen LogP contribution in [0.1, 0.15) is 11.1 Å². The molecule has 6 rings (SSSR count). The lowest BCUT2D eigenvalue weighted by Crippen LogP contribution is -2.31. The Kier molecular flexibility index (Phi) is 4.38. The van der Waals surface area contributed by atoms with E-state index in [4.69, 9.17) is 0 Å². The molecular weight excluding hydrogens is 478 g/mol. The molecule has 5 aromatic rings. The third kappa shape index (κ3) is 2.91. The number of aryl methyl sites for hydroxylation is 1. The first-order valence-electron chi connectivity index (χ1n) is 10.5. The Labute approximate surface area is 198 Å². The summed E-state index contributed by atoms with van der Waals surface area (Å²) in [4.78, 5) is 32.3. The first-order chi connectivity index (χ1) is 16.0. The van der Waals surface area contributed by atoms with E-state index in [1.807, 2.05) is 84.7 Å². The van der Waals surface area contributed by atoms with Gasteiger partial charge in [0.05, 0.1) is 16.8 Å².